The first-order valence-electron chi connectivity index (χ1n) is 7.91. The second kappa shape index (κ2) is 8.12. The van der Waals surface area contributed by atoms with Gasteiger partial charge in [-0.3, -0.25) is 32.5 Å². The molecule has 21 heteroatoms. The third-order valence-corrected chi connectivity index (χ3v) is 7.74. The molecule has 2 aromatic heterocycles. The minimum Gasteiger partial charge on any atom is -0.385 e. The number of ether oxygens (including phenoxy) is 1. The van der Waals surface area contributed by atoms with Gasteiger partial charge in [-0.15, -0.1) is 0 Å². The van der Waals surface area contributed by atoms with Crippen molar-refractivity contribution in [3.8, 4) is 0 Å². The summed E-state index contributed by atoms with van der Waals surface area (Å²) in [5, 5.41) is 10.3. The Bertz CT molecular complexity index is 1180. The van der Waals surface area contributed by atoms with Crippen LogP contribution < -0.4 is 11.3 Å². The van der Waals surface area contributed by atoms with Crippen molar-refractivity contribution in [3.05, 3.63) is 16.7 Å². The van der Waals surface area contributed by atoms with Crippen molar-refractivity contribution in [1.29, 1.82) is 0 Å². The van der Waals surface area contributed by atoms with Crippen LogP contribution in [0.1, 0.15) is 6.23 Å². The summed E-state index contributed by atoms with van der Waals surface area (Å²) in [6.07, 6.45) is -7.06. The largest absolute Gasteiger partial charge is 0.470 e. The van der Waals surface area contributed by atoms with Crippen LogP contribution in [0.25, 0.3) is 11.2 Å². The Balaban J connectivity index is 2.00. The highest BCUT2D eigenvalue weighted by Gasteiger charge is 2.52. The molecule has 0 radical (unpaired) electrons. The molecule has 5 atom stereocenters. The number of H-pyrrole nitrogens is 1. The lowest BCUT2D eigenvalue weighted by Gasteiger charge is -2.21. The summed E-state index contributed by atoms with van der Waals surface area (Å²) in [7, 11) is -15.4. The van der Waals surface area contributed by atoms with E-state index in [1.54, 1.807) is 0 Å². The second-order valence-electron chi connectivity index (χ2n) is 6.27. The van der Waals surface area contributed by atoms with Crippen LogP contribution in [0.3, 0.4) is 0 Å². The molecule has 2 aromatic rings. The molecule has 1 saturated heterocycles. The van der Waals surface area contributed by atoms with Crippen molar-refractivity contribution < 1.29 is 57.1 Å². The topological polar surface area (TPSA) is 290 Å². The molecule has 3 rings (SSSR count). The van der Waals surface area contributed by atoms with E-state index >= 15 is 0 Å². The maximum atomic E-state index is 12.0. The van der Waals surface area contributed by atoms with Crippen LogP contribution >= 0.6 is 23.0 Å². The number of aromatic amines is 1. The average Bonchev–Trinajstić information content (AvgIpc) is 3.07. The smallest absolute Gasteiger partial charge is 0.385 e. The molecule has 0 spiro atoms. The van der Waals surface area contributed by atoms with Crippen molar-refractivity contribution >= 4 is 40.1 Å². The molecule has 0 aliphatic carbocycles. The van der Waals surface area contributed by atoms with Crippen molar-refractivity contribution in [3.63, 3.8) is 0 Å². The van der Waals surface area contributed by atoms with Crippen LogP contribution in [0.15, 0.2) is 11.1 Å². The summed E-state index contributed by atoms with van der Waals surface area (Å²) in [5.74, 6) is -1.98. The van der Waals surface area contributed by atoms with Crippen LogP contribution in [0, 0.1) is 0 Å². The summed E-state index contributed by atoms with van der Waals surface area (Å²) in [5.41, 5.74) is 4.15. The lowest BCUT2D eigenvalue weighted by Crippen LogP contribution is -2.34. The molecule has 0 amide bonds. The minimum absolute atomic E-state index is 0.263. The molecule has 3 heterocycles. The molecule has 18 nitrogen and oxygen atoms in total. The fourth-order valence-corrected chi connectivity index (χ4v) is 5.93. The van der Waals surface area contributed by atoms with Gasteiger partial charge in [-0.2, -0.15) is 4.98 Å². The molecule has 0 aromatic carbocycles. The number of aliphatic hydroxyl groups excluding tert-OH is 1. The van der Waals surface area contributed by atoms with Gasteiger partial charge >= 0.3 is 23.0 Å². The monoisotopic (exact) mass is 507 g/mol. The normalized spacial score (nSPS) is 26.9. The highest BCUT2D eigenvalue weighted by molar-refractivity contribution is 7.70. The first kappa shape index (κ1) is 24.1. The van der Waals surface area contributed by atoms with E-state index in [0.29, 0.717) is 0 Å². The summed E-state index contributed by atoms with van der Waals surface area (Å²) < 4.78 is 49.5. The van der Waals surface area contributed by atoms with Gasteiger partial charge in [-0.1, -0.05) is 0 Å². The Morgan fingerprint density at radius 3 is 2.42 bits per heavy atom. The molecule has 1 fully saturated rings. The number of nitrogen functional groups attached to an aromatic ring is 1. The predicted molar refractivity (Wildman–Crippen MR) is 97.2 cm³/mol. The molecule has 9 N–H and O–H groups in total. The van der Waals surface area contributed by atoms with Crippen molar-refractivity contribution in [2.75, 3.05) is 11.6 Å². The van der Waals surface area contributed by atoms with Gasteiger partial charge in [-0.25, -0.2) is 9.55 Å². The van der Waals surface area contributed by atoms with Crippen LogP contribution in [-0.4, -0.2) is 73.5 Å². The lowest BCUT2D eigenvalue weighted by atomic mass is 10.2. The molecule has 1 unspecified atom stereocenters. The van der Waals surface area contributed by atoms with E-state index in [0.717, 1.165) is 10.9 Å². The fraction of sp³-hybridized carbons (Fsp3) is 0.500. The minimum atomic E-state index is -5.28. The Hall–Kier alpha value is -1.52. The summed E-state index contributed by atoms with van der Waals surface area (Å²) >= 11 is 0. The van der Waals surface area contributed by atoms with Crippen LogP contribution in [-0.2, 0) is 27.5 Å². The molecule has 1 aliphatic rings. The average molecular weight is 507 g/mol. The molecule has 31 heavy (non-hydrogen) atoms. The highest BCUT2D eigenvalue weighted by Crippen LogP contribution is 2.57. The molecule has 1 aliphatic heterocycles. The number of phosphoric ester groups is 1. The first-order valence-corrected chi connectivity index (χ1v) is 13.0. The Morgan fingerprint density at radius 1 is 1.19 bits per heavy atom. The number of imidazole rings is 1. The molecular weight excluding hydrogens is 491 g/mol. The predicted octanol–water partition coefficient (Wildman–Crippen LogP) is -2.27. The molecule has 0 bridgehead atoms. The fourth-order valence-electron chi connectivity index (χ4n) is 2.76. The standard InChI is InChI=1S/C10H16N5O13P3/c11-10-13-6-3(7(17)14-10)12-1-15(6)8-5(27-31(23,24)25)4(16)9(26-8)28-30(21,22)2-29(18,19)20/h1,4-5,8-9,16H,2H2,(H,21,22)(H2,18,19,20)(H2,23,24,25)(H3,11,13,14,17)/t4-,5+,8+,9+/m0/s1. The Kier molecular flexibility index (Phi) is 6.32. The Morgan fingerprint density at radius 2 is 1.84 bits per heavy atom. The number of anilines is 1. The second-order valence-corrected chi connectivity index (χ2v) is 11.4. The van der Waals surface area contributed by atoms with Gasteiger partial charge in [0.2, 0.25) is 5.95 Å². The number of nitrogens with one attached hydrogen (secondary N) is 1. The van der Waals surface area contributed by atoms with Gasteiger partial charge in [0, 0.05) is 0 Å². The number of hydrogen-bond donors (Lipinski definition) is 8. The van der Waals surface area contributed by atoms with E-state index < -0.39 is 59.2 Å². The first-order chi connectivity index (χ1) is 14.1. The summed E-state index contributed by atoms with van der Waals surface area (Å²) in [6.45, 7) is 0. The van der Waals surface area contributed by atoms with Gasteiger partial charge < -0.3 is 40.0 Å². The summed E-state index contributed by atoms with van der Waals surface area (Å²) in [6, 6.07) is 0. The molecule has 174 valence electrons. The maximum absolute atomic E-state index is 12.0. The lowest BCUT2D eigenvalue weighted by molar-refractivity contribution is -0.128. The van der Waals surface area contributed by atoms with Crippen molar-refractivity contribution in [1.82, 2.24) is 19.5 Å². The third-order valence-electron chi connectivity index (χ3n) is 3.79. The van der Waals surface area contributed by atoms with E-state index in [1.165, 1.54) is 0 Å². The number of aliphatic hydroxyl groups is 1. The highest BCUT2D eigenvalue weighted by atomic mass is 31.2. The number of hydrogen-bond acceptors (Lipinski definition) is 11. The van der Waals surface area contributed by atoms with Crippen LogP contribution in [0.5, 0.6) is 0 Å². The van der Waals surface area contributed by atoms with E-state index in [-0.39, 0.29) is 17.1 Å². The van der Waals surface area contributed by atoms with E-state index in [9.17, 15) is 28.5 Å². The number of aromatic nitrogens is 4. The zero-order valence-electron chi connectivity index (χ0n) is 14.9. The number of nitrogens with two attached hydrogens (primary N) is 1. The maximum Gasteiger partial charge on any atom is 0.470 e. The number of phosphoric acid groups is 1. The third kappa shape index (κ3) is 5.64. The van der Waals surface area contributed by atoms with Crippen molar-refractivity contribution in [2.24, 2.45) is 0 Å². The number of nitrogens with zero attached hydrogens (tertiary/aromatic N) is 3. The summed E-state index contributed by atoms with van der Waals surface area (Å²) in [4.78, 5) is 67.3. The number of rotatable bonds is 7. The van der Waals surface area contributed by atoms with Gasteiger partial charge in [0.1, 0.15) is 12.2 Å². The molecule has 0 saturated carbocycles. The van der Waals surface area contributed by atoms with E-state index in [1.807, 2.05) is 0 Å². The number of fused-ring (bicyclic) bond motifs is 1. The van der Waals surface area contributed by atoms with Crippen molar-refractivity contribution in [2.45, 2.75) is 24.7 Å². The van der Waals surface area contributed by atoms with Crippen LogP contribution in [0.2, 0.25) is 0 Å². The van der Waals surface area contributed by atoms with Gasteiger partial charge in [0.05, 0.1) is 6.33 Å². The van der Waals surface area contributed by atoms with Gasteiger partial charge in [0.15, 0.2) is 29.6 Å². The van der Waals surface area contributed by atoms with E-state index in [2.05, 4.69) is 24.0 Å². The molecular formula is C10H16N5O13P3. The van der Waals surface area contributed by atoms with Crippen LogP contribution in [0.4, 0.5) is 5.95 Å². The zero-order valence-corrected chi connectivity index (χ0v) is 17.6. The SMILES string of the molecule is Nc1nc2c(ncn2[C@@H]2O[C@H](OP(=O)(O)CP(=O)(O)O)[C@@H](O)[C@H]2OP(=O)(O)O)c(=O)[nH]1. The quantitative estimate of drug-likeness (QED) is 0.183. The van der Waals surface area contributed by atoms with E-state index in [4.69, 9.17) is 30.0 Å². The van der Waals surface area contributed by atoms with Gasteiger partial charge in [-0.05, 0) is 0 Å². The zero-order chi connectivity index (χ0) is 23.4. The Labute approximate surface area is 170 Å². The van der Waals surface area contributed by atoms with Gasteiger partial charge in [0.25, 0.3) is 5.56 Å².